The Hall–Kier alpha value is -0.820. The van der Waals surface area contributed by atoms with E-state index < -0.39 is 0 Å². The fourth-order valence-corrected chi connectivity index (χ4v) is 2.71. The highest BCUT2D eigenvalue weighted by atomic mass is 14.7. The Labute approximate surface area is 86.3 Å². The minimum Gasteiger partial charge on any atom is -0.330 e. The van der Waals surface area contributed by atoms with Gasteiger partial charge in [-0.05, 0) is 36.3 Å². The Morgan fingerprint density at radius 3 is 2.57 bits per heavy atom. The van der Waals surface area contributed by atoms with Gasteiger partial charge >= 0.3 is 0 Å². The molecule has 1 aliphatic rings. The normalized spacial score (nSPS) is 28.9. The third-order valence-electron chi connectivity index (χ3n) is 3.71. The van der Waals surface area contributed by atoms with Crippen LogP contribution in [0.4, 0.5) is 0 Å². The molecule has 1 aliphatic carbocycles. The molecule has 1 nitrogen and oxygen atoms in total. The maximum absolute atomic E-state index is 5.78. The second kappa shape index (κ2) is 3.09. The van der Waals surface area contributed by atoms with Crippen molar-refractivity contribution >= 4 is 0 Å². The summed E-state index contributed by atoms with van der Waals surface area (Å²) in [5, 5.41) is 0. The monoisotopic (exact) mass is 189 g/mol. The molecule has 14 heavy (non-hydrogen) atoms. The number of hydrogen-bond acceptors (Lipinski definition) is 1. The first-order chi connectivity index (χ1) is 6.57. The van der Waals surface area contributed by atoms with E-state index in [4.69, 9.17) is 5.73 Å². The van der Waals surface area contributed by atoms with Crippen molar-refractivity contribution in [3.8, 4) is 0 Å². The van der Waals surface area contributed by atoms with Crippen LogP contribution in [-0.4, -0.2) is 6.54 Å². The molecule has 1 heteroatoms. The van der Waals surface area contributed by atoms with Crippen molar-refractivity contribution < 1.29 is 0 Å². The fourth-order valence-electron chi connectivity index (χ4n) is 2.71. The predicted octanol–water partition coefficient (Wildman–Crippen LogP) is 2.69. The molecule has 0 bridgehead atoms. The lowest BCUT2D eigenvalue weighted by atomic mass is 10.0. The summed E-state index contributed by atoms with van der Waals surface area (Å²) >= 11 is 0. The van der Waals surface area contributed by atoms with Crippen molar-refractivity contribution in [3.05, 3.63) is 35.4 Å². The van der Waals surface area contributed by atoms with Crippen molar-refractivity contribution in [2.75, 3.05) is 6.54 Å². The minimum atomic E-state index is 0.405. The summed E-state index contributed by atoms with van der Waals surface area (Å²) in [5.41, 5.74) is 8.99. The molecule has 0 unspecified atom stereocenters. The van der Waals surface area contributed by atoms with Gasteiger partial charge in [-0.15, -0.1) is 0 Å². The maximum Gasteiger partial charge on any atom is -0.00375 e. The molecule has 2 atom stereocenters. The zero-order valence-electron chi connectivity index (χ0n) is 9.25. The van der Waals surface area contributed by atoms with E-state index in [0.29, 0.717) is 17.3 Å². The predicted molar refractivity (Wildman–Crippen MR) is 60.2 cm³/mol. The van der Waals surface area contributed by atoms with Crippen molar-refractivity contribution in [2.45, 2.75) is 26.7 Å². The van der Waals surface area contributed by atoms with Gasteiger partial charge in [0.05, 0.1) is 0 Å². The van der Waals surface area contributed by atoms with Crippen LogP contribution in [0.5, 0.6) is 0 Å². The highest BCUT2D eigenvalue weighted by molar-refractivity contribution is 5.34. The largest absolute Gasteiger partial charge is 0.330 e. The molecule has 76 valence electrons. The fraction of sp³-hybridized carbons (Fsp3) is 0.538. The molecule has 0 heterocycles. The van der Waals surface area contributed by atoms with Gasteiger partial charge in [0.1, 0.15) is 0 Å². The summed E-state index contributed by atoms with van der Waals surface area (Å²) in [6, 6.07) is 8.82. The van der Waals surface area contributed by atoms with E-state index in [-0.39, 0.29) is 0 Å². The van der Waals surface area contributed by atoms with Crippen LogP contribution in [0.3, 0.4) is 0 Å². The molecule has 1 fully saturated rings. The summed E-state index contributed by atoms with van der Waals surface area (Å²) < 4.78 is 0. The van der Waals surface area contributed by atoms with E-state index in [2.05, 4.69) is 45.0 Å². The van der Waals surface area contributed by atoms with Crippen LogP contribution in [-0.2, 0) is 0 Å². The molecule has 0 amide bonds. The molecule has 0 radical (unpaired) electrons. The van der Waals surface area contributed by atoms with E-state index in [1.54, 1.807) is 0 Å². The third-order valence-corrected chi connectivity index (χ3v) is 3.71. The Bertz CT molecular complexity index is 341. The van der Waals surface area contributed by atoms with Crippen molar-refractivity contribution in [1.82, 2.24) is 0 Å². The first-order valence-corrected chi connectivity index (χ1v) is 5.34. The number of benzene rings is 1. The highest BCUT2D eigenvalue weighted by Gasteiger charge is 2.56. The van der Waals surface area contributed by atoms with Gasteiger partial charge in [0.15, 0.2) is 0 Å². The van der Waals surface area contributed by atoms with Crippen LogP contribution >= 0.6 is 0 Å². The topological polar surface area (TPSA) is 26.0 Å². The van der Waals surface area contributed by atoms with Gasteiger partial charge in [0, 0.05) is 0 Å². The average molecular weight is 189 g/mol. The Morgan fingerprint density at radius 1 is 1.36 bits per heavy atom. The van der Waals surface area contributed by atoms with Crippen LogP contribution in [0.15, 0.2) is 24.3 Å². The first-order valence-electron chi connectivity index (χ1n) is 5.34. The molecule has 2 N–H and O–H groups in total. The lowest BCUT2D eigenvalue weighted by Gasteiger charge is -2.03. The van der Waals surface area contributed by atoms with E-state index in [0.717, 1.165) is 6.54 Å². The molecule has 2 rings (SSSR count). The van der Waals surface area contributed by atoms with E-state index >= 15 is 0 Å². The van der Waals surface area contributed by atoms with Gasteiger partial charge < -0.3 is 5.73 Å². The molecule has 1 aromatic carbocycles. The maximum atomic E-state index is 5.78. The zero-order chi connectivity index (χ0) is 10.3. The molecule has 0 aliphatic heterocycles. The second-order valence-corrected chi connectivity index (χ2v) is 5.06. The van der Waals surface area contributed by atoms with Crippen molar-refractivity contribution in [1.29, 1.82) is 0 Å². The lowest BCUT2D eigenvalue weighted by Crippen LogP contribution is -2.05. The van der Waals surface area contributed by atoms with E-state index in [1.807, 2.05) is 0 Å². The van der Waals surface area contributed by atoms with Crippen molar-refractivity contribution in [2.24, 2.45) is 17.1 Å². The average Bonchev–Trinajstić information content (AvgIpc) is 2.68. The van der Waals surface area contributed by atoms with Crippen LogP contribution in [0.2, 0.25) is 0 Å². The van der Waals surface area contributed by atoms with E-state index in [9.17, 15) is 0 Å². The molecule has 1 saturated carbocycles. The summed E-state index contributed by atoms with van der Waals surface area (Å²) in [4.78, 5) is 0. The van der Waals surface area contributed by atoms with Gasteiger partial charge in [-0.25, -0.2) is 0 Å². The lowest BCUT2D eigenvalue weighted by molar-refractivity contribution is 0.558. The summed E-state index contributed by atoms with van der Waals surface area (Å²) in [7, 11) is 0. The van der Waals surface area contributed by atoms with Crippen LogP contribution < -0.4 is 5.73 Å². The van der Waals surface area contributed by atoms with Crippen molar-refractivity contribution in [3.63, 3.8) is 0 Å². The summed E-state index contributed by atoms with van der Waals surface area (Å²) in [5.74, 6) is 1.34. The van der Waals surface area contributed by atoms with Crippen LogP contribution in [0, 0.1) is 18.3 Å². The Balaban J connectivity index is 2.26. The van der Waals surface area contributed by atoms with Gasteiger partial charge in [-0.1, -0.05) is 43.7 Å². The molecule has 0 spiro atoms. The number of rotatable bonds is 2. The Morgan fingerprint density at radius 2 is 2.07 bits per heavy atom. The zero-order valence-corrected chi connectivity index (χ0v) is 9.25. The highest BCUT2D eigenvalue weighted by Crippen LogP contribution is 2.63. The smallest absolute Gasteiger partial charge is 0.00375 e. The molecule has 1 aromatic rings. The third kappa shape index (κ3) is 1.36. The molecular formula is C13H19N. The van der Waals surface area contributed by atoms with Crippen LogP contribution in [0.1, 0.15) is 30.9 Å². The first kappa shape index (κ1) is 9.72. The SMILES string of the molecule is Cc1cccc([C@@H]2[C@@H](CN)C2(C)C)c1. The molecule has 0 saturated heterocycles. The second-order valence-electron chi connectivity index (χ2n) is 5.06. The molecule has 0 aromatic heterocycles. The standard InChI is InChI=1S/C13H19N/c1-9-5-4-6-10(7-9)12-11(8-14)13(12,2)3/h4-7,11-12H,8,14H2,1-3H3/t11-,12-/m1/s1. The van der Waals surface area contributed by atoms with Gasteiger partial charge in [0.25, 0.3) is 0 Å². The van der Waals surface area contributed by atoms with Crippen LogP contribution in [0.25, 0.3) is 0 Å². The number of nitrogens with two attached hydrogens (primary N) is 1. The minimum absolute atomic E-state index is 0.405. The van der Waals surface area contributed by atoms with Gasteiger partial charge in [-0.3, -0.25) is 0 Å². The molecular weight excluding hydrogens is 170 g/mol. The number of hydrogen-bond donors (Lipinski definition) is 1. The number of aryl methyl sites for hydroxylation is 1. The summed E-state index contributed by atoms with van der Waals surface area (Å²) in [6.07, 6.45) is 0. The van der Waals surface area contributed by atoms with E-state index in [1.165, 1.54) is 11.1 Å². The summed E-state index contributed by atoms with van der Waals surface area (Å²) in [6.45, 7) is 7.59. The quantitative estimate of drug-likeness (QED) is 0.760. The van der Waals surface area contributed by atoms with Gasteiger partial charge in [0.2, 0.25) is 0 Å². The Kier molecular flexibility index (Phi) is 2.15. The van der Waals surface area contributed by atoms with Gasteiger partial charge in [-0.2, -0.15) is 0 Å².